The van der Waals surface area contributed by atoms with Crippen LogP contribution < -0.4 is 0 Å². The minimum absolute atomic E-state index is 0.165. The topological polar surface area (TPSA) is 29.4 Å². The highest BCUT2D eigenvalue weighted by Crippen LogP contribution is 2.33. The molecule has 0 atom stereocenters. The van der Waals surface area contributed by atoms with Crippen molar-refractivity contribution in [3.63, 3.8) is 0 Å². The van der Waals surface area contributed by atoms with Crippen LogP contribution in [0.25, 0.3) is 16.2 Å². The fraction of sp³-hybridized carbons (Fsp3) is 0. The molecule has 0 fully saturated rings. The van der Waals surface area contributed by atoms with Gasteiger partial charge in [0.2, 0.25) is 0 Å². The summed E-state index contributed by atoms with van der Waals surface area (Å²) in [5, 5.41) is 3.34. The summed E-state index contributed by atoms with van der Waals surface area (Å²) >= 11 is 11.5. The van der Waals surface area contributed by atoms with Crippen LogP contribution in [0.1, 0.15) is 5.56 Å². The summed E-state index contributed by atoms with van der Waals surface area (Å²) in [6.07, 6.45) is 0. The molecule has 2 aromatic rings. The first kappa shape index (κ1) is 13.7. The maximum Gasteiger partial charge on any atom is 0.132 e. The molecule has 0 aliphatic rings. The molecular formula is C14H8Cl2FNO. The second kappa shape index (κ2) is 5.51. The van der Waals surface area contributed by atoms with Crippen LogP contribution in [0, 0.1) is 10.7 Å². The van der Waals surface area contributed by atoms with E-state index < -0.39 is 5.82 Å². The summed E-state index contributed by atoms with van der Waals surface area (Å²) in [5.74, 6) is -0.453. The SMILES string of the molecule is C=C(Cl)c1cc(-c2ccc(Cl)cc2F)ccc1N=O. The van der Waals surface area contributed by atoms with Crippen LogP contribution in [0.4, 0.5) is 10.1 Å². The van der Waals surface area contributed by atoms with Gasteiger partial charge in [0.25, 0.3) is 0 Å². The summed E-state index contributed by atoms with van der Waals surface area (Å²) in [5.41, 5.74) is 1.47. The van der Waals surface area contributed by atoms with Crippen molar-refractivity contribution in [1.29, 1.82) is 0 Å². The zero-order valence-corrected chi connectivity index (χ0v) is 11.2. The molecule has 0 N–H and O–H groups in total. The predicted molar refractivity (Wildman–Crippen MR) is 77.2 cm³/mol. The average Bonchev–Trinajstić information content (AvgIpc) is 2.38. The van der Waals surface area contributed by atoms with E-state index in [0.717, 1.165) is 0 Å². The highest BCUT2D eigenvalue weighted by molar-refractivity contribution is 6.48. The molecule has 0 saturated carbocycles. The molecule has 0 saturated heterocycles. The van der Waals surface area contributed by atoms with Crippen molar-refractivity contribution < 1.29 is 4.39 Å². The Labute approximate surface area is 119 Å². The van der Waals surface area contributed by atoms with Gasteiger partial charge in [-0.1, -0.05) is 35.8 Å². The molecule has 96 valence electrons. The van der Waals surface area contributed by atoms with E-state index in [1.807, 2.05) is 0 Å². The van der Waals surface area contributed by atoms with Crippen LogP contribution in [0.15, 0.2) is 48.2 Å². The Kier molecular flexibility index (Phi) is 3.98. The second-order valence-corrected chi connectivity index (χ2v) is 4.74. The first-order valence-electron chi connectivity index (χ1n) is 5.30. The average molecular weight is 296 g/mol. The van der Waals surface area contributed by atoms with E-state index in [0.29, 0.717) is 21.7 Å². The van der Waals surface area contributed by atoms with Crippen LogP contribution >= 0.6 is 23.2 Å². The van der Waals surface area contributed by atoms with Gasteiger partial charge in [0.05, 0.1) is 0 Å². The van der Waals surface area contributed by atoms with Crippen molar-refractivity contribution in [1.82, 2.24) is 0 Å². The van der Waals surface area contributed by atoms with Crippen LogP contribution in [-0.4, -0.2) is 0 Å². The molecule has 0 aromatic heterocycles. The summed E-state index contributed by atoms with van der Waals surface area (Å²) < 4.78 is 13.8. The number of nitrogens with zero attached hydrogens (tertiary/aromatic N) is 1. The van der Waals surface area contributed by atoms with Gasteiger partial charge in [-0.3, -0.25) is 0 Å². The molecular weight excluding hydrogens is 288 g/mol. The van der Waals surface area contributed by atoms with Gasteiger partial charge in [-0.2, -0.15) is 0 Å². The smallest absolute Gasteiger partial charge is 0.132 e. The number of benzene rings is 2. The molecule has 0 unspecified atom stereocenters. The maximum atomic E-state index is 13.8. The molecule has 2 rings (SSSR count). The van der Waals surface area contributed by atoms with E-state index >= 15 is 0 Å². The quantitative estimate of drug-likeness (QED) is 0.663. The number of hydrogen-bond donors (Lipinski definition) is 0. The molecule has 2 nitrogen and oxygen atoms in total. The number of nitroso groups, excluding NO2 is 1. The highest BCUT2D eigenvalue weighted by Gasteiger charge is 2.11. The summed E-state index contributed by atoms with van der Waals surface area (Å²) in [6.45, 7) is 3.56. The van der Waals surface area contributed by atoms with Gasteiger partial charge >= 0.3 is 0 Å². The Morgan fingerprint density at radius 1 is 1.21 bits per heavy atom. The van der Waals surface area contributed by atoms with E-state index in [1.165, 1.54) is 12.1 Å². The van der Waals surface area contributed by atoms with Gasteiger partial charge in [-0.15, -0.1) is 4.91 Å². The molecule has 19 heavy (non-hydrogen) atoms. The third kappa shape index (κ3) is 2.83. The molecule has 0 radical (unpaired) electrons. The Hall–Kier alpha value is -1.71. The molecule has 5 heteroatoms. The molecule has 0 spiro atoms. The number of hydrogen-bond acceptors (Lipinski definition) is 2. The van der Waals surface area contributed by atoms with E-state index in [4.69, 9.17) is 23.2 Å². The number of halogens is 3. The van der Waals surface area contributed by atoms with Crippen LogP contribution in [0.5, 0.6) is 0 Å². The molecule has 0 heterocycles. The third-order valence-corrected chi connectivity index (χ3v) is 3.07. The Balaban J connectivity index is 2.60. The largest absolute Gasteiger partial charge is 0.206 e. The summed E-state index contributed by atoms with van der Waals surface area (Å²) in [7, 11) is 0. The van der Waals surface area contributed by atoms with E-state index in [9.17, 15) is 9.30 Å². The lowest BCUT2D eigenvalue weighted by Gasteiger charge is -2.07. The molecule has 0 aliphatic heterocycles. The molecule has 0 aliphatic carbocycles. The fourth-order valence-corrected chi connectivity index (χ4v) is 2.03. The maximum absolute atomic E-state index is 13.8. The van der Waals surface area contributed by atoms with Crippen molar-refractivity contribution in [2.45, 2.75) is 0 Å². The lowest BCUT2D eigenvalue weighted by Crippen LogP contribution is -1.86. The summed E-state index contributed by atoms with van der Waals surface area (Å²) in [6, 6.07) is 8.99. The fourth-order valence-electron chi connectivity index (χ4n) is 1.72. The third-order valence-electron chi connectivity index (χ3n) is 2.63. The van der Waals surface area contributed by atoms with Crippen molar-refractivity contribution in [3.05, 3.63) is 64.3 Å². The van der Waals surface area contributed by atoms with E-state index in [-0.39, 0.29) is 10.7 Å². The van der Waals surface area contributed by atoms with E-state index in [1.54, 1.807) is 24.3 Å². The van der Waals surface area contributed by atoms with Crippen LogP contribution in [0.3, 0.4) is 0 Å². The lowest BCUT2D eigenvalue weighted by atomic mass is 10.0. The van der Waals surface area contributed by atoms with Gasteiger partial charge in [0.15, 0.2) is 0 Å². The normalized spacial score (nSPS) is 10.3. The Morgan fingerprint density at radius 3 is 2.53 bits per heavy atom. The van der Waals surface area contributed by atoms with Crippen molar-refractivity contribution in [2.24, 2.45) is 5.18 Å². The predicted octanol–water partition coefficient (Wildman–Crippen LogP) is 5.75. The Bertz CT molecular complexity index is 670. The van der Waals surface area contributed by atoms with Gasteiger partial charge in [0, 0.05) is 21.2 Å². The van der Waals surface area contributed by atoms with Gasteiger partial charge < -0.3 is 0 Å². The highest BCUT2D eigenvalue weighted by atomic mass is 35.5. The van der Waals surface area contributed by atoms with Gasteiger partial charge in [0.1, 0.15) is 11.5 Å². The van der Waals surface area contributed by atoms with Crippen molar-refractivity contribution >= 4 is 33.9 Å². The minimum atomic E-state index is -0.453. The van der Waals surface area contributed by atoms with Crippen LogP contribution in [0.2, 0.25) is 5.02 Å². The zero-order valence-electron chi connectivity index (χ0n) is 9.66. The first-order chi connectivity index (χ1) is 9.02. The molecule has 2 aromatic carbocycles. The lowest BCUT2D eigenvalue weighted by molar-refractivity contribution is 0.631. The standard InChI is InChI=1S/C14H8Cl2FNO/c1-8(15)12-6-9(2-5-14(12)18-19)11-4-3-10(16)7-13(11)17/h2-7H,1H2. The van der Waals surface area contributed by atoms with E-state index in [2.05, 4.69) is 11.8 Å². The molecule has 0 bridgehead atoms. The minimum Gasteiger partial charge on any atom is -0.206 e. The van der Waals surface area contributed by atoms with Gasteiger partial charge in [-0.05, 0) is 41.1 Å². The monoisotopic (exact) mass is 295 g/mol. The second-order valence-electron chi connectivity index (χ2n) is 3.85. The van der Waals surface area contributed by atoms with Crippen LogP contribution in [-0.2, 0) is 0 Å². The number of rotatable bonds is 3. The van der Waals surface area contributed by atoms with Gasteiger partial charge in [-0.25, -0.2) is 4.39 Å². The van der Waals surface area contributed by atoms with Crippen molar-refractivity contribution in [3.8, 4) is 11.1 Å². The summed E-state index contributed by atoms with van der Waals surface area (Å²) in [4.78, 5) is 10.6. The Morgan fingerprint density at radius 2 is 1.95 bits per heavy atom. The molecule has 0 amide bonds. The zero-order chi connectivity index (χ0) is 14.0. The first-order valence-corrected chi connectivity index (χ1v) is 6.06. The van der Waals surface area contributed by atoms with Crippen molar-refractivity contribution in [2.75, 3.05) is 0 Å².